The molecule has 1 aliphatic rings. The summed E-state index contributed by atoms with van der Waals surface area (Å²) in [4.78, 5) is 27.1. The lowest BCUT2D eigenvalue weighted by Gasteiger charge is -2.29. The number of rotatable bonds is 4. The molecule has 3 aromatic carbocycles. The molecule has 0 unspecified atom stereocenters. The minimum Gasteiger partial charge on any atom is -0.378 e. The highest BCUT2D eigenvalue weighted by Crippen LogP contribution is 2.32. The number of aryl methyl sites for hydroxylation is 2. The van der Waals surface area contributed by atoms with E-state index in [0.29, 0.717) is 42.8 Å². The summed E-state index contributed by atoms with van der Waals surface area (Å²) in [6, 6.07) is 18.1. The summed E-state index contributed by atoms with van der Waals surface area (Å²) in [5, 5.41) is 17.8. The Kier molecular flexibility index (Phi) is 5.59. The molecule has 0 spiro atoms. The van der Waals surface area contributed by atoms with Gasteiger partial charge in [-0.25, -0.2) is 0 Å². The molecule has 4 aromatic rings. The number of fused-ring (bicyclic) bond motifs is 1. The summed E-state index contributed by atoms with van der Waals surface area (Å²) in [5.41, 5.74) is 3.99. The van der Waals surface area contributed by atoms with Gasteiger partial charge in [0.1, 0.15) is 5.69 Å². The molecule has 0 saturated carbocycles. The number of aromatic nitrogens is 2. The number of morpholine rings is 1. The van der Waals surface area contributed by atoms with E-state index in [4.69, 9.17) is 9.84 Å². The van der Waals surface area contributed by atoms with Gasteiger partial charge in [0.15, 0.2) is 0 Å². The average Bonchev–Trinajstić information content (AvgIpc) is 2.85. The lowest BCUT2D eigenvalue weighted by Crippen LogP contribution is -2.36. The van der Waals surface area contributed by atoms with E-state index in [0.717, 1.165) is 22.4 Å². The summed E-state index contributed by atoms with van der Waals surface area (Å²) >= 11 is 0. The molecule has 34 heavy (non-hydrogen) atoms. The third-order valence-electron chi connectivity index (χ3n) is 6.20. The van der Waals surface area contributed by atoms with Gasteiger partial charge in [0.2, 0.25) is 0 Å². The average molecular weight is 457 g/mol. The fraction of sp³-hybridized carbons (Fsp3) is 0.231. The molecule has 1 fully saturated rings. The second kappa shape index (κ2) is 8.72. The number of hydrogen-bond acceptors (Lipinski definition) is 6. The molecule has 0 N–H and O–H groups in total. The minimum absolute atomic E-state index is 0.149. The van der Waals surface area contributed by atoms with Crippen molar-refractivity contribution >= 4 is 22.1 Å². The van der Waals surface area contributed by atoms with Crippen LogP contribution >= 0.6 is 0 Å². The Hall–Kier alpha value is -4.04. The summed E-state index contributed by atoms with van der Waals surface area (Å²) in [6.07, 6.45) is 0. The van der Waals surface area contributed by atoms with Gasteiger partial charge in [0.05, 0.1) is 29.2 Å². The SMILES string of the molecule is Cc1ccc(-c2nn(-c3cc(N4CCOCC4)ccc3[N+](=O)[O-])c(=O)c3ccccc23)c(C)c1. The monoisotopic (exact) mass is 456 g/mol. The second-order valence-electron chi connectivity index (χ2n) is 8.46. The Morgan fingerprint density at radius 2 is 1.71 bits per heavy atom. The highest BCUT2D eigenvalue weighted by atomic mass is 16.6. The molecule has 8 heteroatoms. The minimum atomic E-state index is -0.474. The Morgan fingerprint density at radius 3 is 2.41 bits per heavy atom. The molecule has 0 atom stereocenters. The van der Waals surface area contributed by atoms with Crippen LogP contribution in [0, 0.1) is 24.0 Å². The van der Waals surface area contributed by atoms with Crippen molar-refractivity contribution in [1.29, 1.82) is 0 Å². The molecule has 1 aromatic heterocycles. The van der Waals surface area contributed by atoms with E-state index < -0.39 is 10.5 Å². The molecule has 172 valence electrons. The van der Waals surface area contributed by atoms with E-state index in [2.05, 4.69) is 11.0 Å². The van der Waals surface area contributed by atoms with Gasteiger partial charge < -0.3 is 9.64 Å². The van der Waals surface area contributed by atoms with E-state index >= 15 is 0 Å². The van der Waals surface area contributed by atoms with Gasteiger partial charge >= 0.3 is 0 Å². The Labute approximate surface area is 196 Å². The fourth-order valence-electron chi connectivity index (χ4n) is 4.49. The lowest BCUT2D eigenvalue weighted by atomic mass is 9.99. The maximum Gasteiger partial charge on any atom is 0.295 e. The predicted octanol–water partition coefficient (Wildman–Crippen LogP) is 4.41. The van der Waals surface area contributed by atoms with Crippen LogP contribution in [0.3, 0.4) is 0 Å². The highest BCUT2D eigenvalue weighted by molar-refractivity contribution is 5.94. The number of nitro groups is 1. The molecule has 2 heterocycles. The van der Waals surface area contributed by atoms with E-state index in [1.54, 1.807) is 24.3 Å². The number of nitro benzene ring substituents is 1. The molecule has 0 aliphatic carbocycles. The summed E-state index contributed by atoms with van der Waals surface area (Å²) < 4.78 is 6.61. The first kappa shape index (κ1) is 21.8. The third kappa shape index (κ3) is 3.82. The number of benzene rings is 3. The van der Waals surface area contributed by atoms with Crippen molar-refractivity contribution in [2.24, 2.45) is 0 Å². The van der Waals surface area contributed by atoms with Gasteiger partial charge in [-0.15, -0.1) is 0 Å². The summed E-state index contributed by atoms with van der Waals surface area (Å²) in [6.45, 7) is 6.52. The lowest BCUT2D eigenvalue weighted by molar-refractivity contribution is -0.384. The Balaban J connectivity index is 1.80. The van der Waals surface area contributed by atoms with E-state index in [9.17, 15) is 14.9 Å². The van der Waals surface area contributed by atoms with Crippen molar-refractivity contribution in [3.8, 4) is 16.9 Å². The van der Waals surface area contributed by atoms with Gasteiger partial charge in [0, 0.05) is 35.8 Å². The smallest absolute Gasteiger partial charge is 0.295 e. The maximum absolute atomic E-state index is 13.6. The van der Waals surface area contributed by atoms with Crippen molar-refractivity contribution in [2.75, 3.05) is 31.2 Å². The molecule has 8 nitrogen and oxygen atoms in total. The van der Waals surface area contributed by atoms with Crippen molar-refractivity contribution in [3.63, 3.8) is 0 Å². The first-order chi connectivity index (χ1) is 16.4. The van der Waals surface area contributed by atoms with Crippen molar-refractivity contribution in [1.82, 2.24) is 9.78 Å². The Bertz CT molecular complexity index is 1470. The zero-order valence-corrected chi connectivity index (χ0v) is 19.0. The zero-order chi connectivity index (χ0) is 23.8. The summed E-state index contributed by atoms with van der Waals surface area (Å²) in [5.74, 6) is 0. The maximum atomic E-state index is 13.6. The summed E-state index contributed by atoms with van der Waals surface area (Å²) in [7, 11) is 0. The third-order valence-corrected chi connectivity index (χ3v) is 6.20. The fourth-order valence-corrected chi connectivity index (χ4v) is 4.49. The molecule has 1 saturated heterocycles. The van der Waals surface area contributed by atoms with E-state index in [1.807, 2.05) is 38.1 Å². The van der Waals surface area contributed by atoms with Gasteiger partial charge in [-0.05, 0) is 37.6 Å². The first-order valence-corrected chi connectivity index (χ1v) is 11.2. The quantitative estimate of drug-likeness (QED) is 0.334. The van der Waals surface area contributed by atoms with Gasteiger partial charge in [0.25, 0.3) is 11.2 Å². The van der Waals surface area contributed by atoms with Crippen LogP contribution in [0.15, 0.2) is 65.5 Å². The van der Waals surface area contributed by atoms with Gasteiger partial charge in [-0.3, -0.25) is 14.9 Å². The molecule has 0 amide bonds. The van der Waals surface area contributed by atoms with Crippen molar-refractivity contribution in [2.45, 2.75) is 13.8 Å². The first-order valence-electron chi connectivity index (χ1n) is 11.2. The highest BCUT2D eigenvalue weighted by Gasteiger charge is 2.23. The largest absolute Gasteiger partial charge is 0.378 e. The molecule has 5 rings (SSSR count). The number of anilines is 1. The van der Waals surface area contributed by atoms with Crippen LogP contribution in [-0.2, 0) is 4.74 Å². The van der Waals surface area contributed by atoms with Crippen LogP contribution in [0.25, 0.3) is 27.7 Å². The molecule has 0 radical (unpaired) electrons. The van der Waals surface area contributed by atoms with Gasteiger partial charge in [-0.2, -0.15) is 9.78 Å². The Morgan fingerprint density at radius 1 is 0.971 bits per heavy atom. The molecule has 0 bridgehead atoms. The molecular weight excluding hydrogens is 432 g/mol. The number of nitrogens with zero attached hydrogens (tertiary/aromatic N) is 4. The second-order valence-corrected chi connectivity index (χ2v) is 8.46. The predicted molar refractivity (Wildman–Crippen MR) is 132 cm³/mol. The number of hydrogen-bond donors (Lipinski definition) is 0. The van der Waals surface area contributed by atoms with Crippen molar-refractivity contribution < 1.29 is 9.66 Å². The standard InChI is InChI=1S/C26H24N4O4/c1-17-7-9-20(18(2)15-17)25-21-5-3-4-6-22(21)26(31)29(27-25)24-16-19(8-10-23(24)30(32)33)28-11-13-34-14-12-28/h3-10,15-16H,11-14H2,1-2H3. The van der Waals surface area contributed by atoms with Gasteiger partial charge in [-0.1, -0.05) is 42.0 Å². The number of ether oxygens (including phenoxy) is 1. The van der Waals surface area contributed by atoms with E-state index in [1.165, 1.54) is 10.7 Å². The normalized spacial score (nSPS) is 13.9. The topological polar surface area (TPSA) is 90.5 Å². The van der Waals surface area contributed by atoms with Crippen LogP contribution in [0.2, 0.25) is 0 Å². The molecular formula is C26H24N4O4. The zero-order valence-electron chi connectivity index (χ0n) is 19.0. The van der Waals surface area contributed by atoms with Crippen LogP contribution in [0.4, 0.5) is 11.4 Å². The van der Waals surface area contributed by atoms with Crippen LogP contribution in [0.1, 0.15) is 11.1 Å². The van der Waals surface area contributed by atoms with E-state index in [-0.39, 0.29) is 11.4 Å². The van der Waals surface area contributed by atoms with Crippen LogP contribution in [0.5, 0.6) is 0 Å². The van der Waals surface area contributed by atoms with Crippen molar-refractivity contribution in [3.05, 3.63) is 92.3 Å². The van der Waals surface area contributed by atoms with Crippen LogP contribution in [-0.4, -0.2) is 41.0 Å². The van der Waals surface area contributed by atoms with Crippen LogP contribution < -0.4 is 10.5 Å². The molecule has 1 aliphatic heterocycles.